The first-order valence-electron chi connectivity index (χ1n) is 19.1. The highest BCUT2D eigenvalue weighted by molar-refractivity contribution is 6.02. The predicted molar refractivity (Wildman–Crippen MR) is 226 cm³/mol. The first-order chi connectivity index (χ1) is 27.1. The molecule has 296 valence electrons. The number of esters is 1. The molecule has 0 saturated heterocycles. The highest BCUT2D eigenvalue weighted by Crippen LogP contribution is 2.39. The average Bonchev–Trinajstić information content (AvgIpc) is 3.66. The maximum Gasteiger partial charge on any atom is 0.313 e. The number of para-hydroxylation sites is 2. The highest BCUT2D eigenvalue weighted by atomic mass is 19.1. The van der Waals surface area contributed by atoms with E-state index in [1.165, 1.54) is 30.3 Å². The van der Waals surface area contributed by atoms with Gasteiger partial charge in [0.05, 0.1) is 11.8 Å². The number of aromatic nitrogens is 2. The Morgan fingerprint density at radius 2 is 1.14 bits per heavy atom. The van der Waals surface area contributed by atoms with Crippen LogP contribution >= 0.6 is 0 Å². The van der Waals surface area contributed by atoms with Gasteiger partial charge in [-0.3, -0.25) is 14.4 Å². The first kappa shape index (κ1) is 42.2. The molecule has 0 saturated carbocycles. The third-order valence-corrected chi connectivity index (χ3v) is 9.20. The van der Waals surface area contributed by atoms with Gasteiger partial charge in [-0.2, -0.15) is 0 Å². The summed E-state index contributed by atoms with van der Waals surface area (Å²) in [5.41, 5.74) is 7.00. The summed E-state index contributed by atoms with van der Waals surface area (Å²) in [5.74, 6) is -1.57. The number of hydrogen-bond donors (Lipinski definition) is 1. The third-order valence-electron chi connectivity index (χ3n) is 9.20. The molecule has 6 aromatic rings. The van der Waals surface area contributed by atoms with Gasteiger partial charge in [-0.25, -0.2) is 8.78 Å². The lowest BCUT2D eigenvalue weighted by molar-refractivity contribution is -0.156. The van der Waals surface area contributed by atoms with Gasteiger partial charge in [-0.15, -0.1) is 0 Å². The number of Topliss-reactive ketones (excluding diaryl/α,β-unsaturated/α-hetero) is 1. The zero-order valence-electron chi connectivity index (χ0n) is 33.5. The Kier molecular flexibility index (Phi) is 13.6. The summed E-state index contributed by atoms with van der Waals surface area (Å²) in [6.07, 6.45) is 5.83. The van der Waals surface area contributed by atoms with Crippen LogP contribution in [0, 0.1) is 11.6 Å². The summed E-state index contributed by atoms with van der Waals surface area (Å²) in [6, 6.07) is 29.3. The van der Waals surface area contributed by atoms with Crippen LogP contribution < -0.4 is 0 Å². The van der Waals surface area contributed by atoms with E-state index in [4.69, 9.17) is 4.74 Å². The average molecular weight is 773 g/mol. The number of carbonyl (C=O) groups is 3. The highest BCUT2D eigenvalue weighted by Gasteiger charge is 2.22. The van der Waals surface area contributed by atoms with Gasteiger partial charge in [-0.1, -0.05) is 66.7 Å². The molecule has 7 nitrogen and oxygen atoms in total. The zero-order valence-corrected chi connectivity index (χ0v) is 33.5. The second kappa shape index (κ2) is 18.3. The van der Waals surface area contributed by atoms with E-state index in [1.54, 1.807) is 57.2 Å². The fraction of sp³-hybridized carbons (Fsp3) is 0.271. The van der Waals surface area contributed by atoms with Crippen LogP contribution in [0.15, 0.2) is 109 Å². The summed E-state index contributed by atoms with van der Waals surface area (Å²) in [5, 5.41) is 12.6. The molecule has 0 spiro atoms. The lowest BCUT2D eigenvalue weighted by Crippen LogP contribution is -2.26. The molecule has 0 bridgehead atoms. The number of benzene rings is 4. The van der Waals surface area contributed by atoms with Gasteiger partial charge < -0.3 is 19.0 Å². The molecular weight excluding hydrogens is 723 g/mol. The molecule has 57 heavy (non-hydrogen) atoms. The normalized spacial score (nSPS) is 12.5. The molecule has 6 rings (SSSR count). The van der Waals surface area contributed by atoms with Crippen molar-refractivity contribution in [3.05, 3.63) is 132 Å². The Balaban J connectivity index is 0.000000234. The predicted octanol–water partition coefficient (Wildman–Crippen LogP) is 11.3. The molecule has 2 heterocycles. The molecule has 1 atom stereocenters. The van der Waals surface area contributed by atoms with Crippen molar-refractivity contribution in [3.63, 3.8) is 0 Å². The van der Waals surface area contributed by atoms with Crippen molar-refractivity contribution in [3.8, 4) is 22.3 Å². The molecule has 9 heteroatoms. The Hall–Kier alpha value is -5.93. The smallest absolute Gasteiger partial charge is 0.313 e. The van der Waals surface area contributed by atoms with E-state index in [2.05, 4.69) is 49.0 Å². The lowest BCUT2D eigenvalue weighted by atomic mass is 10.0. The van der Waals surface area contributed by atoms with E-state index in [1.807, 2.05) is 42.5 Å². The fourth-order valence-corrected chi connectivity index (χ4v) is 7.09. The number of ketones is 1. The van der Waals surface area contributed by atoms with Crippen LogP contribution in [-0.4, -0.2) is 44.0 Å². The molecule has 1 unspecified atom stereocenters. The minimum Gasteiger partial charge on any atom is -0.460 e. The molecule has 0 aliphatic carbocycles. The number of nitrogens with zero attached hydrogens (tertiary/aromatic N) is 2. The maximum atomic E-state index is 13.6. The van der Waals surface area contributed by atoms with Crippen LogP contribution in [0.25, 0.3) is 56.2 Å². The van der Waals surface area contributed by atoms with Gasteiger partial charge in [-0.05, 0) is 114 Å². The van der Waals surface area contributed by atoms with Gasteiger partial charge in [0.1, 0.15) is 35.7 Å². The summed E-state index contributed by atoms with van der Waals surface area (Å²) in [4.78, 5) is 35.0. The minimum atomic E-state index is -1.06. The molecule has 2 aromatic heterocycles. The maximum absolute atomic E-state index is 13.6. The van der Waals surface area contributed by atoms with E-state index in [9.17, 15) is 28.3 Å². The van der Waals surface area contributed by atoms with Gasteiger partial charge in [0.15, 0.2) is 0 Å². The number of aldehydes is 1. The van der Waals surface area contributed by atoms with Crippen LogP contribution in [-0.2, 0) is 19.1 Å². The summed E-state index contributed by atoms with van der Waals surface area (Å²) >= 11 is 0. The van der Waals surface area contributed by atoms with E-state index in [0.29, 0.717) is 0 Å². The summed E-state index contributed by atoms with van der Waals surface area (Å²) in [6.45, 7) is 13.6. The molecular formula is C48H50F2N2O5. The Morgan fingerprint density at radius 3 is 1.56 bits per heavy atom. The van der Waals surface area contributed by atoms with Crippen LogP contribution in [0.2, 0.25) is 0 Å². The zero-order chi connectivity index (χ0) is 41.4. The molecule has 0 fully saturated rings. The van der Waals surface area contributed by atoms with Crippen molar-refractivity contribution in [2.45, 2.75) is 85.1 Å². The topological polar surface area (TPSA) is 90.5 Å². The van der Waals surface area contributed by atoms with Crippen LogP contribution in [0.3, 0.4) is 0 Å². The van der Waals surface area contributed by atoms with E-state index < -0.39 is 23.5 Å². The molecule has 0 aliphatic rings. The third kappa shape index (κ3) is 10.3. The monoisotopic (exact) mass is 772 g/mol. The van der Waals surface area contributed by atoms with Crippen molar-refractivity contribution >= 4 is 52.0 Å². The Labute approximate surface area is 332 Å². The van der Waals surface area contributed by atoms with E-state index >= 15 is 0 Å². The first-order valence-corrected chi connectivity index (χ1v) is 19.1. The fourth-order valence-electron chi connectivity index (χ4n) is 7.09. The number of aliphatic hydroxyl groups excluding tert-OH is 1. The molecule has 0 radical (unpaired) electrons. The van der Waals surface area contributed by atoms with Crippen molar-refractivity contribution in [2.24, 2.45) is 0 Å². The molecule has 0 amide bonds. The van der Waals surface area contributed by atoms with Crippen molar-refractivity contribution in [1.82, 2.24) is 9.13 Å². The standard InChI is InChI=1S/C28H32FNO4.C20H18FNO/c1-18(2)30-24-9-7-6-8-23(24)27(19-10-12-20(29)13-11-19)25(30)15-14-21(31)16-22(32)17-26(33)34-28(3,4)5;1-14(2)22-18-7-4-3-6-17(18)20(19(22)8-5-13-23)15-9-11-16(21)12-10-15/h6-15,18,21,31H,16-17H2,1-5H3;3-14H,1-2H3/b15-14+;8-5+. The Bertz CT molecular complexity index is 2410. The number of fused-ring (bicyclic) bond motifs is 2. The van der Waals surface area contributed by atoms with Gasteiger partial charge in [0.2, 0.25) is 0 Å². The van der Waals surface area contributed by atoms with Crippen molar-refractivity contribution in [2.75, 3.05) is 0 Å². The number of ether oxygens (including phenoxy) is 1. The quantitative estimate of drug-likeness (QED) is 0.0579. The second-order valence-electron chi connectivity index (χ2n) is 15.4. The van der Waals surface area contributed by atoms with Gasteiger partial charge in [0, 0.05) is 57.1 Å². The number of rotatable bonds is 12. The van der Waals surface area contributed by atoms with Gasteiger partial charge >= 0.3 is 5.97 Å². The lowest BCUT2D eigenvalue weighted by Gasteiger charge is -2.19. The number of halogens is 2. The minimum absolute atomic E-state index is 0.115. The van der Waals surface area contributed by atoms with E-state index in [-0.39, 0.29) is 36.6 Å². The van der Waals surface area contributed by atoms with Gasteiger partial charge in [0.25, 0.3) is 0 Å². The van der Waals surface area contributed by atoms with Crippen LogP contribution in [0.1, 0.15) is 84.8 Å². The second-order valence-corrected chi connectivity index (χ2v) is 15.4. The van der Waals surface area contributed by atoms with Crippen LogP contribution in [0.4, 0.5) is 8.78 Å². The number of allylic oxidation sites excluding steroid dienone is 1. The SMILES string of the molecule is CC(C)n1c(/C=C/C(O)CC(=O)CC(=O)OC(C)(C)C)c(-c2ccc(F)cc2)c2ccccc21.CC(C)n1c(/C=C/C=O)c(-c2ccc(F)cc2)c2ccccc21. The van der Waals surface area contributed by atoms with Crippen molar-refractivity contribution < 1.29 is 33.0 Å². The summed E-state index contributed by atoms with van der Waals surface area (Å²) < 4.78 is 36.4. The Morgan fingerprint density at radius 1 is 0.702 bits per heavy atom. The molecule has 0 aliphatic heterocycles. The van der Waals surface area contributed by atoms with E-state index in [0.717, 1.165) is 61.7 Å². The number of carbonyl (C=O) groups excluding carboxylic acids is 3. The largest absolute Gasteiger partial charge is 0.460 e. The summed E-state index contributed by atoms with van der Waals surface area (Å²) in [7, 11) is 0. The van der Waals surface area contributed by atoms with Crippen LogP contribution in [0.5, 0.6) is 0 Å². The number of aliphatic hydroxyl groups is 1. The number of hydrogen-bond acceptors (Lipinski definition) is 5. The van der Waals surface area contributed by atoms with Crippen molar-refractivity contribution in [1.29, 1.82) is 0 Å². The molecule has 1 N–H and O–H groups in total. The molecule has 4 aromatic carbocycles.